The molecule has 0 bridgehead atoms. The van der Waals surface area contributed by atoms with E-state index in [4.69, 9.17) is 5.11 Å². The molecule has 0 unspecified atom stereocenters. The average Bonchev–Trinajstić information content (AvgIpc) is 2.50. The van der Waals surface area contributed by atoms with E-state index in [-0.39, 0.29) is 12.4 Å². The molecule has 0 radical (unpaired) electrons. The van der Waals surface area contributed by atoms with E-state index in [1.165, 1.54) is 5.57 Å². The first-order valence-corrected chi connectivity index (χ1v) is 8.51. The zero-order valence-electron chi connectivity index (χ0n) is 14.3. The largest absolute Gasteiger partial charge is 0.508 e. The van der Waals surface area contributed by atoms with Crippen LogP contribution in [0.5, 0.6) is 5.75 Å². The van der Waals surface area contributed by atoms with Crippen LogP contribution in [0.15, 0.2) is 53.0 Å². The monoisotopic (exact) mass is 320 g/mol. The Hall–Kier alpha value is -1.45. The van der Waals surface area contributed by atoms with Crippen LogP contribution in [0.4, 0.5) is 0 Å². The van der Waals surface area contributed by atoms with Crippen LogP contribution in [0.25, 0.3) is 4.91 Å². The number of hydrogen-bond acceptors (Lipinski definition) is 3. The molecule has 3 heteroatoms. The lowest BCUT2D eigenvalue weighted by atomic mass is 10.1. The van der Waals surface area contributed by atoms with Crippen molar-refractivity contribution >= 4 is 16.7 Å². The van der Waals surface area contributed by atoms with Crippen molar-refractivity contribution in [2.45, 2.75) is 41.0 Å². The van der Waals surface area contributed by atoms with E-state index in [0.29, 0.717) is 0 Å². The number of benzene rings is 1. The van der Waals surface area contributed by atoms with E-state index < -0.39 is 0 Å². The summed E-state index contributed by atoms with van der Waals surface area (Å²) in [6.07, 6.45) is 7.10. The molecule has 0 aliphatic rings. The van der Waals surface area contributed by atoms with Crippen molar-refractivity contribution in [1.29, 1.82) is 0 Å². The number of thioether (sulfide) groups is 1. The Labute approximate surface area is 139 Å². The van der Waals surface area contributed by atoms with Gasteiger partial charge in [-0.25, -0.2) is 0 Å². The zero-order chi connectivity index (χ0) is 17.0. The third-order valence-electron chi connectivity index (χ3n) is 2.69. The van der Waals surface area contributed by atoms with E-state index in [1.54, 1.807) is 30.0 Å². The molecule has 0 atom stereocenters. The maximum atomic E-state index is 9.39. The number of phenolic OH excluding ortho intramolecular Hbond substituents is 1. The van der Waals surface area contributed by atoms with Crippen LogP contribution in [0.1, 0.15) is 46.6 Å². The van der Waals surface area contributed by atoms with Crippen molar-refractivity contribution in [2.24, 2.45) is 0 Å². The van der Waals surface area contributed by atoms with Gasteiger partial charge in [0.1, 0.15) is 5.75 Å². The second-order valence-corrected chi connectivity index (χ2v) is 5.80. The van der Waals surface area contributed by atoms with Crippen molar-refractivity contribution < 1.29 is 10.2 Å². The summed E-state index contributed by atoms with van der Waals surface area (Å²) in [4.78, 5) is 2.16. The fourth-order valence-electron chi connectivity index (χ4n) is 1.73. The second-order valence-electron chi connectivity index (χ2n) is 4.51. The third-order valence-corrected chi connectivity index (χ3v) is 3.75. The highest BCUT2D eigenvalue weighted by molar-refractivity contribution is 8.11. The first kappa shape index (κ1) is 20.6. The molecule has 0 saturated carbocycles. The highest BCUT2D eigenvalue weighted by atomic mass is 32.2. The molecule has 0 fully saturated rings. The molecule has 0 saturated heterocycles. The second kappa shape index (κ2) is 12.1. The zero-order valence-corrected chi connectivity index (χ0v) is 15.1. The molecular weight excluding hydrogens is 292 g/mol. The molecular formula is C19H28O2S. The number of aliphatic hydroxyl groups excluding tert-OH is 1. The molecule has 2 nitrogen and oxygen atoms in total. The van der Waals surface area contributed by atoms with Gasteiger partial charge in [-0.15, -0.1) is 0 Å². The number of aliphatic hydroxyl groups is 1. The molecule has 0 heterocycles. The van der Waals surface area contributed by atoms with Crippen molar-refractivity contribution in [3.8, 4) is 5.75 Å². The molecule has 2 N–H and O–H groups in total. The predicted octanol–water partition coefficient (Wildman–Crippen LogP) is 5.74. The van der Waals surface area contributed by atoms with Crippen LogP contribution in [0.2, 0.25) is 0 Å². The summed E-state index contributed by atoms with van der Waals surface area (Å²) in [5.74, 6) is 0.265. The van der Waals surface area contributed by atoms with Crippen LogP contribution < -0.4 is 0 Å². The Morgan fingerprint density at radius 1 is 1.09 bits per heavy atom. The number of hydrogen-bond donors (Lipinski definition) is 2. The Kier molecular flexibility index (Phi) is 11.3. The molecule has 22 heavy (non-hydrogen) atoms. The number of phenols is 1. The lowest BCUT2D eigenvalue weighted by Gasteiger charge is -2.09. The van der Waals surface area contributed by atoms with Crippen molar-refractivity contribution in [1.82, 2.24) is 0 Å². The van der Waals surface area contributed by atoms with Gasteiger partial charge in [-0.05, 0) is 55.0 Å². The van der Waals surface area contributed by atoms with Crippen molar-refractivity contribution in [3.05, 3.63) is 58.5 Å². The summed E-state index contributed by atoms with van der Waals surface area (Å²) in [6, 6.07) is 7.18. The molecule has 0 aromatic heterocycles. The number of allylic oxidation sites excluding steroid dienone is 4. The summed E-state index contributed by atoms with van der Waals surface area (Å²) >= 11 is 1.62. The molecule has 0 aliphatic carbocycles. The average molecular weight is 320 g/mol. The first-order chi connectivity index (χ1) is 10.6. The fourth-order valence-corrected chi connectivity index (χ4v) is 2.73. The van der Waals surface area contributed by atoms with Crippen LogP contribution in [0, 0.1) is 0 Å². The summed E-state index contributed by atoms with van der Waals surface area (Å²) in [5.41, 5.74) is 2.27. The van der Waals surface area contributed by atoms with Gasteiger partial charge < -0.3 is 10.2 Å². The fraction of sp³-hybridized carbons (Fsp3) is 0.368. The summed E-state index contributed by atoms with van der Waals surface area (Å²) in [7, 11) is 0. The Bertz CT molecular complexity index is 511. The quantitative estimate of drug-likeness (QED) is 0.656. The summed E-state index contributed by atoms with van der Waals surface area (Å²) in [6.45, 7) is 10.2. The van der Waals surface area contributed by atoms with E-state index in [2.05, 4.69) is 26.0 Å². The summed E-state index contributed by atoms with van der Waals surface area (Å²) in [5, 5.41) is 18.4. The maximum Gasteiger partial charge on any atom is 0.115 e. The van der Waals surface area contributed by atoms with Crippen LogP contribution >= 0.6 is 11.8 Å². The highest BCUT2D eigenvalue weighted by Gasteiger charge is 2.04. The smallest absolute Gasteiger partial charge is 0.115 e. The van der Waals surface area contributed by atoms with Crippen molar-refractivity contribution in [2.75, 3.05) is 6.61 Å². The molecule has 0 spiro atoms. The standard InChI is InChI=1S/C17H22O2S.C2H6/c1-4-5-13(2)12-17(20-14(3)10-11-18)15-6-8-16(19)9-7-15;1-2/h5-10,12,18-19H,4,11H2,1-3H3;1-2H3/b13-5+,14-10+,17-12-;. The molecule has 1 aromatic carbocycles. The predicted molar refractivity (Wildman–Crippen MR) is 99.9 cm³/mol. The minimum atomic E-state index is 0.0471. The molecule has 1 rings (SSSR count). The highest BCUT2D eigenvalue weighted by Crippen LogP contribution is 2.34. The molecule has 0 aliphatic heterocycles. The van der Waals surface area contributed by atoms with Gasteiger partial charge in [0, 0.05) is 4.91 Å². The van der Waals surface area contributed by atoms with Gasteiger partial charge in [0.25, 0.3) is 0 Å². The topological polar surface area (TPSA) is 40.5 Å². The van der Waals surface area contributed by atoms with Crippen molar-refractivity contribution in [3.63, 3.8) is 0 Å². The lowest BCUT2D eigenvalue weighted by molar-refractivity contribution is 0.342. The maximum absolute atomic E-state index is 9.39. The van der Waals surface area contributed by atoms with E-state index in [9.17, 15) is 5.11 Å². The van der Waals surface area contributed by atoms with E-state index in [1.807, 2.05) is 32.9 Å². The van der Waals surface area contributed by atoms with Crippen LogP contribution in [0.3, 0.4) is 0 Å². The van der Waals surface area contributed by atoms with Gasteiger partial charge >= 0.3 is 0 Å². The Morgan fingerprint density at radius 3 is 2.18 bits per heavy atom. The molecule has 1 aromatic rings. The van der Waals surface area contributed by atoms with Gasteiger partial charge in [-0.2, -0.15) is 0 Å². The number of rotatable bonds is 6. The molecule has 122 valence electrons. The van der Waals surface area contributed by atoms with Gasteiger partial charge in [-0.1, -0.05) is 56.3 Å². The Morgan fingerprint density at radius 2 is 1.68 bits per heavy atom. The SMILES string of the molecule is CC.CC/C=C(C)/C=C(\S/C(C)=C/CO)c1ccc(O)cc1. The van der Waals surface area contributed by atoms with Crippen LogP contribution in [-0.4, -0.2) is 16.8 Å². The summed E-state index contributed by atoms with van der Waals surface area (Å²) < 4.78 is 0. The van der Waals surface area contributed by atoms with E-state index >= 15 is 0 Å². The number of aromatic hydroxyl groups is 1. The minimum Gasteiger partial charge on any atom is -0.508 e. The van der Waals surface area contributed by atoms with Gasteiger partial charge in [0.15, 0.2) is 0 Å². The normalized spacial score (nSPS) is 12.7. The third kappa shape index (κ3) is 8.11. The Balaban J connectivity index is 0.00000211. The van der Waals surface area contributed by atoms with E-state index in [0.717, 1.165) is 21.8 Å². The molecule has 0 amide bonds. The van der Waals surface area contributed by atoms with Crippen LogP contribution in [-0.2, 0) is 0 Å². The van der Waals surface area contributed by atoms with Gasteiger partial charge in [-0.3, -0.25) is 0 Å². The first-order valence-electron chi connectivity index (χ1n) is 7.70. The van der Waals surface area contributed by atoms with Gasteiger partial charge in [0.2, 0.25) is 0 Å². The van der Waals surface area contributed by atoms with Gasteiger partial charge in [0.05, 0.1) is 6.61 Å². The lowest BCUT2D eigenvalue weighted by Crippen LogP contribution is -1.83. The minimum absolute atomic E-state index is 0.0471.